The highest BCUT2D eigenvalue weighted by Crippen LogP contribution is 2.57. The second kappa shape index (κ2) is 7.42. The molecular weight excluding hydrogens is 376 g/mol. The summed E-state index contributed by atoms with van der Waals surface area (Å²) in [5, 5.41) is 9.14. The van der Waals surface area contributed by atoms with Gasteiger partial charge in [-0.25, -0.2) is 0 Å². The normalized spacial score (nSPS) is 32.0. The van der Waals surface area contributed by atoms with Crippen LogP contribution < -0.4 is 4.74 Å². The van der Waals surface area contributed by atoms with Crippen molar-refractivity contribution < 1.29 is 19.4 Å². The first kappa shape index (κ1) is 19.6. The zero-order chi connectivity index (χ0) is 20.8. The van der Waals surface area contributed by atoms with E-state index in [0.717, 1.165) is 50.2 Å². The van der Waals surface area contributed by atoms with Gasteiger partial charge in [0.25, 0.3) is 0 Å². The van der Waals surface area contributed by atoms with Crippen molar-refractivity contribution in [3.63, 3.8) is 0 Å². The summed E-state index contributed by atoms with van der Waals surface area (Å²) < 4.78 is 12.6. The highest BCUT2D eigenvalue weighted by Gasteiger charge is 2.52. The van der Waals surface area contributed by atoms with Crippen LogP contribution in [0.3, 0.4) is 0 Å². The lowest BCUT2D eigenvalue weighted by Gasteiger charge is -2.53. The monoisotopic (exact) mass is 406 g/mol. The summed E-state index contributed by atoms with van der Waals surface area (Å²) in [7, 11) is 0. The molecule has 158 valence electrons. The van der Waals surface area contributed by atoms with E-state index in [1.165, 1.54) is 24.0 Å². The molecule has 2 bridgehead atoms. The van der Waals surface area contributed by atoms with Gasteiger partial charge >= 0.3 is 5.97 Å². The third-order valence-electron chi connectivity index (χ3n) is 7.68. The fourth-order valence-corrected chi connectivity index (χ4v) is 5.40. The van der Waals surface area contributed by atoms with Gasteiger partial charge in [0.1, 0.15) is 11.5 Å². The molecule has 0 spiro atoms. The number of benzene rings is 2. The zero-order valence-corrected chi connectivity index (χ0v) is 17.6. The molecule has 2 aliphatic carbocycles. The first-order valence-corrected chi connectivity index (χ1v) is 11.2. The number of hydrogen-bond donors (Lipinski definition) is 1. The van der Waals surface area contributed by atoms with Gasteiger partial charge in [-0.2, -0.15) is 0 Å². The Balaban J connectivity index is 1.23. The molecular formula is C26H30O4. The predicted octanol–water partition coefficient (Wildman–Crippen LogP) is 6.07. The summed E-state index contributed by atoms with van der Waals surface area (Å²) >= 11 is 0. The van der Waals surface area contributed by atoms with Gasteiger partial charge in [0.05, 0.1) is 18.1 Å². The van der Waals surface area contributed by atoms with Crippen LogP contribution in [0.5, 0.6) is 11.5 Å². The lowest BCUT2D eigenvalue weighted by Crippen LogP contribution is -2.49. The third kappa shape index (κ3) is 3.74. The molecule has 2 saturated carbocycles. The van der Waals surface area contributed by atoms with E-state index in [1.807, 2.05) is 18.2 Å². The number of rotatable bonds is 7. The molecule has 2 aromatic carbocycles. The van der Waals surface area contributed by atoms with Crippen molar-refractivity contribution >= 4 is 5.97 Å². The van der Waals surface area contributed by atoms with Gasteiger partial charge in [-0.1, -0.05) is 29.8 Å². The maximum absolute atomic E-state index is 11.1. The van der Waals surface area contributed by atoms with Gasteiger partial charge in [0.2, 0.25) is 0 Å². The standard InChI is InChI=1S/C26H30O4/c1-18-5-7-21(8-6-18)30-22-4-2-3-20(16-22)26-13-11-25(12-14-26,17-29-26)10-9-19-15-23(19)24(27)28/h2-8,16,19,23H,9-15,17H2,1H3,(H,27,28)/t19-,23-,25?,26?/m1/s1. The minimum absolute atomic E-state index is 0.0927. The summed E-state index contributed by atoms with van der Waals surface area (Å²) in [5.41, 5.74) is 2.49. The van der Waals surface area contributed by atoms with Gasteiger partial charge in [0, 0.05) is 0 Å². The molecule has 0 unspecified atom stereocenters. The van der Waals surface area contributed by atoms with Crippen molar-refractivity contribution in [2.75, 3.05) is 6.61 Å². The molecule has 30 heavy (non-hydrogen) atoms. The van der Waals surface area contributed by atoms with Crippen LogP contribution in [0.1, 0.15) is 56.1 Å². The molecule has 4 aliphatic rings. The number of carboxylic acid groups (broad SMARTS) is 1. The van der Waals surface area contributed by atoms with Crippen LogP contribution in [0.2, 0.25) is 0 Å². The lowest BCUT2D eigenvalue weighted by molar-refractivity contribution is -0.192. The zero-order valence-electron chi connectivity index (χ0n) is 17.6. The molecule has 0 aromatic heterocycles. The Morgan fingerprint density at radius 2 is 1.87 bits per heavy atom. The van der Waals surface area contributed by atoms with Gasteiger partial charge in [-0.15, -0.1) is 0 Å². The molecule has 2 aromatic rings. The maximum atomic E-state index is 11.1. The maximum Gasteiger partial charge on any atom is 0.306 e. The Labute approximate surface area is 178 Å². The van der Waals surface area contributed by atoms with Crippen LogP contribution in [-0.4, -0.2) is 17.7 Å². The van der Waals surface area contributed by atoms with Gasteiger partial charge in [0.15, 0.2) is 0 Å². The summed E-state index contributed by atoms with van der Waals surface area (Å²) in [6, 6.07) is 16.5. The number of fused-ring (bicyclic) bond motifs is 3. The van der Waals surface area contributed by atoms with Crippen LogP contribution in [0.25, 0.3) is 0 Å². The van der Waals surface area contributed by atoms with Crippen LogP contribution in [-0.2, 0) is 15.1 Å². The average molecular weight is 407 g/mol. The Bertz CT molecular complexity index is 908. The summed E-state index contributed by atoms with van der Waals surface area (Å²) in [5.74, 6) is 1.38. The van der Waals surface area contributed by atoms with Crippen LogP contribution in [0, 0.1) is 24.2 Å². The van der Waals surface area contributed by atoms with Crippen LogP contribution in [0.4, 0.5) is 0 Å². The second-order valence-electron chi connectivity index (χ2n) is 9.71. The Hall–Kier alpha value is -2.33. The molecule has 2 aliphatic heterocycles. The number of ether oxygens (including phenoxy) is 2. The molecule has 4 fully saturated rings. The van der Waals surface area contributed by atoms with E-state index in [2.05, 4.69) is 37.3 Å². The van der Waals surface area contributed by atoms with E-state index < -0.39 is 5.97 Å². The molecule has 0 amide bonds. The smallest absolute Gasteiger partial charge is 0.306 e. The molecule has 2 heterocycles. The van der Waals surface area contributed by atoms with E-state index >= 15 is 0 Å². The van der Waals surface area contributed by atoms with Crippen LogP contribution >= 0.6 is 0 Å². The molecule has 2 saturated heterocycles. The Morgan fingerprint density at radius 3 is 2.50 bits per heavy atom. The Morgan fingerprint density at radius 1 is 1.10 bits per heavy atom. The van der Waals surface area contributed by atoms with Crippen molar-refractivity contribution in [1.29, 1.82) is 0 Å². The van der Waals surface area contributed by atoms with Gasteiger partial charge in [-0.3, -0.25) is 4.79 Å². The van der Waals surface area contributed by atoms with Crippen molar-refractivity contribution in [2.45, 2.75) is 57.5 Å². The largest absolute Gasteiger partial charge is 0.481 e. The van der Waals surface area contributed by atoms with E-state index in [-0.39, 0.29) is 16.9 Å². The number of aliphatic carboxylic acids is 1. The predicted molar refractivity (Wildman–Crippen MR) is 115 cm³/mol. The number of carbonyl (C=O) groups is 1. The van der Waals surface area contributed by atoms with Gasteiger partial charge < -0.3 is 14.6 Å². The van der Waals surface area contributed by atoms with Crippen LogP contribution in [0.15, 0.2) is 48.5 Å². The van der Waals surface area contributed by atoms with Crippen molar-refractivity contribution in [1.82, 2.24) is 0 Å². The SMILES string of the molecule is Cc1ccc(Oc2cccc(C34CCC(CC[C@@H]5C[C@H]5C(=O)O)(CC3)CO4)c2)cc1. The topological polar surface area (TPSA) is 55.8 Å². The summed E-state index contributed by atoms with van der Waals surface area (Å²) in [6.07, 6.45) is 7.41. The minimum atomic E-state index is -0.618. The minimum Gasteiger partial charge on any atom is -0.481 e. The molecule has 4 heteroatoms. The number of aryl methyl sites for hydroxylation is 1. The molecule has 6 rings (SSSR count). The molecule has 4 nitrogen and oxygen atoms in total. The van der Waals surface area contributed by atoms with E-state index in [0.29, 0.717) is 5.92 Å². The van der Waals surface area contributed by atoms with Crippen molar-refractivity contribution in [2.24, 2.45) is 17.3 Å². The van der Waals surface area contributed by atoms with Crippen molar-refractivity contribution in [3.8, 4) is 11.5 Å². The third-order valence-corrected chi connectivity index (χ3v) is 7.68. The average Bonchev–Trinajstić information content (AvgIpc) is 3.56. The fourth-order valence-electron chi connectivity index (χ4n) is 5.40. The van der Waals surface area contributed by atoms with Crippen molar-refractivity contribution in [3.05, 3.63) is 59.7 Å². The Kier molecular flexibility index (Phi) is 4.85. The second-order valence-corrected chi connectivity index (χ2v) is 9.71. The fraction of sp³-hybridized carbons (Fsp3) is 0.500. The molecule has 1 N–H and O–H groups in total. The number of carboxylic acids is 1. The van der Waals surface area contributed by atoms with E-state index in [9.17, 15) is 4.79 Å². The lowest BCUT2D eigenvalue weighted by atomic mass is 9.62. The summed E-state index contributed by atoms with van der Waals surface area (Å²) in [6.45, 7) is 2.86. The van der Waals surface area contributed by atoms with E-state index in [1.54, 1.807) is 0 Å². The number of hydrogen-bond acceptors (Lipinski definition) is 3. The molecule has 2 atom stereocenters. The highest BCUT2D eigenvalue weighted by atomic mass is 16.5. The highest BCUT2D eigenvalue weighted by molar-refractivity contribution is 5.73. The first-order chi connectivity index (χ1) is 14.5. The van der Waals surface area contributed by atoms with E-state index in [4.69, 9.17) is 14.6 Å². The first-order valence-electron chi connectivity index (χ1n) is 11.2. The summed E-state index contributed by atoms with van der Waals surface area (Å²) in [4.78, 5) is 11.1. The molecule has 0 radical (unpaired) electrons. The van der Waals surface area contributed by atoms with Gasteiger partial charge in [-0.05, 0) is 93.0 Å². The quantitative estimate of drug-likeness (QED) is 0.606.